The van der Waals surface area contributed by atoms with Crippen LogP contribution in [-0.2, 0) is 13.1 Å². The van der Waals surface area contributed by atoms with Gasteiger partial charge in [-0.2, -0.15) is 0 Å². The fraction of sp³-hybridized carbons (Fsp3) is 0.333. The number of hydrogen-bond donors (Lipinski definition) is 1. The number of carboxylic acids is 1. The van der Waals surface area contributed by atoms with E-state index in [1.165, 1.54) is 6.20 Å². The van der Waals surface area contributed by atoms with E-state index in [-0.39, 0.29) is 5.56 Å². The van der Waals surface area contributed by atoms with Gasteiger partial charge >= 0.3 is 5.97 Å². The van der Waals surface area contributed by atoms with Gasteiger partial charge in [0.2, 0.25) is 0 Å². The van der Waals surface area contributed by atoms with Crippen molar-refractivity contribution in [3.05, 3.63) is 41.2 Å². The molecule has 0 fully saturated rings. The van der Waals surface area contributed by atoms with E-state index in [9.17, 15) is 4.79 Å². The predicted molar refractivity (Wildman–Crippen MR) is 62.1 cm³/mol. The molecule has 0 unspecified atom stereocenters. The van der Waals surface area contributed by atoms with Gasteiger partial charge in [0.15, 0.2) is 5.76 Å². The van der Waals surface area contributed by atoms with E-state index in [4.69, 9.17) is 14.0 Å². The Morgan fingerprint density at radius 1 is 1.44 bits per heavy atom. The Hall–Kier alpha value is -2.08. The molecule has 0 aromatic carbocycles. The molecule has 0 saturated heterocycles. The molecule has 0 aliphatic carbocycles. The van der Waals surface area contributed by atoms with Crippen molar-refractivity contribution in [1.82, 2.24) is 10.1 Å². The highest BCUT2D eigenvalue weighted by atomic mass is 16.5. The lowest BCUT2D eigenvalue weighted by Gasteiger charge is -2.13. The molecule has 18 heavy (non-hydrogen) atoms. The molecule has 2 heterocycles. The smallest absolute Gasteiger partial charge is 0.341 e. The Labute approximate surface area is 104 Å². The molecule has 0 aliphatic heterocycles. The highest BCUT2D eigenvalue weighted by Gasteiger charge is 2.17. The summed E-state index contributed by atoms with van der Waals surface area (Å²) in [5, 5.41) is 12.4. The average Bonchev–Trinajstić information content (AvgIpc) is 2.87. The minimum Gasteiger partial charge on any atom is -0.478 e. The fourth-order valence-electron chi connectivity index (χ4n) is 1.69. The van der Waals surface area contributed by atoms with Crippen LogP contribution >= 0.6 is 0 Å². The largest absolute Gasteiger partial charge is 0.478 e. The zero-order valence-corrected chi connectivity index (χ0v) is 10.2. The molecular weight excluding hydrogens is 236 g/mol. The van der Waals surface area contributed by atoms with Crippen LogP contribution in [0.15, 0.2) is 27.3 Å². The zero-order valence-electron chi connectivity index (χ0n) is 10.2. The van der Waals surface area contributed by atoms with Crippen LogP contribution < -0.4 is 0 Å². The molecule has 0 radical (unpaired) electrons. The fourth-order valence-corrected chi connectivity index (χ4v) is 1.69. The second kappa shape index (κ2) is 5.05. The second-order valence-corrected chi connectivity index (χ2v) is 4.15. The molecule has 1 N–H and O–H groups in total. The first-order valence-corrected chi connectivity index (χ1v) is 5.47. The molecule has 0 amide bonds. The van der Waals surface area contributed by atoms with Crippen molar-refractivity contribution in [2.75, 3.05) is 7.05 Å². The molecule has 0 spiro atoms. The minimum atomic E-state index is -1.03. The molecular formula is C12H14N2O4. The number of nitrogens with zero attached hydrogens (tertiary/aromatic N) is 2. The maximum Gasteiger partial charge on any atom is 0.341 e. The molecule has 2 aromatic rings. The van der Waals surface area contributed by atoms with Gasteiger partial charge in [-0.05, 0) is 26.1 Å². The van der Waals surface area contributed by atoms with Crippen molar-refractivity contribution in [3.63, 3.8) is 0 Å². The van der Waals surface area contributed by atoms with Gasteiger partial charge in [0.05, 0.1) is 19.3 Å². The first-order valence-electron chi connectivity index (χ1n) is 5.47. The molecule has 96 valence electrons. The van der Waals surface area contributed by atoms with Crippen molar-refractivity contribution in [2.24, 2.45) is 0 Å². The van der Waals surface area contributed by atoms with Crippen LogP contribution in [0, 0.1) is 6.92 Å². The lowest BCUT2D eigenvalue weighted by Crippen LogP contribution is -2.18. The number of aromatic nitrogens is 1. The number of carboxylic acid groups (broad SMARTS) is 1. The predicted octanol–water partition coefficient (Wildman–Crippen LogP) is 1.91. The summed E-state index contributed by atoms with van der Waals surface area (Å²) in [5.41, 5.74) is 0.0949. The summed E-state index contributed by atoms with van der Waals surface area (Å²) >= 11 is 0. The number of aromatic carboxylic acids is 1. The molecule has 2 aromatic heterocycles. The van der Waals surface area contributed by atoms with E-state index in [0.717, 1.165) is 11.5 Å². The first kappa shape index (κ1) is 12.4. The number of rotatable bonds is 5. The Morgan fingerprint density at radius 2 is 2.22 bits per heavy atom. The van der Waals surface area contributed by atoms with Gasteiger partial charge in [-0.25, -0.2) is 4.79 Å². The highest BCUT2D eigenvalue weighted by Crippen LogP contribution is 2.13. The van der Waals surface area contributed by atoms with E-state index in [0.29, 0.717) is 18.8 Å². The summed E-state index contributed by atoms with van der Waals surface area (Å²) in [7, 11) is 1.85. The number of hydrogen-bond acceptors (Lipinski definition) is 5. The van der Waals surface area contributed by atoms with Crippen molar-refractivity contribution < 1.29 is 18.8 Å². The van der Waals surface area contributed by atoms with Crippen LogP contribution in [0.1, 0.15) is 27.6 Å². The monoisotopic (exact) mass is 250 g/mol. The van der Waals surface area contributed by atoms with Crippen LogP contribution in [0.5, 0.6) is 0 Å². The minimum absolute atomic E-state index is 0.0949. The third-order valence-corrected chi connectivity index (χ3v) is 2.51. The molecule has 0 saturated carbocycles. The van der Waals surface area contributed by atoms with E-state index in [1.807, 2.05) is 31.0 Å². The normalized spacial score (nSPS) is 11.1. The van der Waals surface area contributed by atoms with Gasteiger partial charge in [-0.3, -0.25) is 4.90 Å². The first-order chi connectivity index (χ1) is 8.56. The third-order valence-electron chi connectivity index (χ3n) is 2.51. The van der Waals surface area contributed by atoms with E-state index in [1.54, 1.807) is 0 Å². The lowest BCUT2D eigenvalue weighted by atomic mass is 10.2. The Balaban J connectivity index is 2.00. The lowest BCUT2D eigenvalue weighted by molar-refractivity contribution is 0.0693. The summed E-state index contributed by atoms with van der Waals surface area (Å²) in [5.74, 6) is 0.984. The van der Waals surface area contributed by atoms with Crippen molar-refractivity contribution in [1.29, 1.82) is 0 Å². The Kier molecular flexibility index (Phi) is 3.47. The zero-order chi connectivity index (χ0) is 13.1. The molecule has 6 nitrogen and oxygen atoms in total. The highest BCUT2D eigenvalue weighted by molar-refractivity contribution is 5.88. The topological polar surface area (TPSA) is 79.7 Å². The molecule has 0 bridgehead atoms. The number of furan rings is 1. The van der Waals surface area contributed by atoms with Crippen molar-refractivity contribution in [2.45, 2.75) is 20.0 Å². The van der Waals surface area contributed by atoms with Gasteiger partial charge < -0.3 is 14.0 Å². The molecule has 0 atom stereocenters. The van der Waals surface area contributed by atoms with Gasteiger partial charge in [-0.1, -0.05) is 5.16 Å². The summed E-state index contributed by atoms with van der Waals surface area (Å²) in [6, 6.07) is 3.78. The Bertz CT molecular complexity index is 544. The molecule has 0 aliphatic rings. The van der Waals surface area contributed by atoms with Crippen LogP contribution in [0.4, 0.5) is 0 Å². The number of aryl methyl sites for hydroxylation is 1. The SMILES string of the molecule is Cc1ccc(CN(C)Cc2oncc2C(=O)O)o1. The quantitative estimate of drug-likeness (QED) is 0.873. The van der Waals surface area contributed by atoms with Gasteiger partial charge in [0.25, 0.3) is 0 Å². The van der Waals surface area contributed by atoms with E-state index >= 15 is 0 Å². The van der Waals surface area contributed by atoms with Gasteiger partial charge in [-0.15, -0.1) is 0 Å². The summed E-state index contributed by atoms with van der Waals surface area (Å²) in [6.07, 6.45) is 1.21. The van der Waals surface area contributed by atoms with Crippen LogP contribution in [0.3, 0.4) is 0 Å². The summed E-state index contributed by atoms with van der Waals surface area (Å²) in [4.78, 5) is 12.8. The summed E-state index contributed by atoms with van der Waals surface area (Å²) < 4.78 is 10.4. The Morgan fingerprint density at radius 3 is 2.83 bits per heavy atom. The van der Waals surface area contributed by atoms with Crippen LogP contribution in [0.2, 0.25) is 0 Å². The maximum atomic E-state index is 10.9. The van der Waals surface area contributed by atoms with Gasteiger partial charge in [0.1, 0.15) is 17.1 Å². The molecule has 6 heteroatoms. The average molecular weight is 250 g/mol. The standard InChI is InChI=1S/C12H14N2O4/c1-8-3-4-9(17-8)6-14(2)7-11-10(12(15)16)5-13-18-11/h3-5H,6-7H2,1-2H3,(H,15,16). The van der Waals surface area contributed by atoms with Crippen molar-refractivity contribution in [3.8, 4) is 0 Å². The third kappa shape index (κ3) is 2.78. The van der Waals surface area contributed by atoms with Crippen molar-refractivity contribution >= 4 is 5.97 Å². The van der Waals surface area contributed by atoms with Gasteiger partial charge in [0, 0.05) is 0 Å². The second-order valence-electron chi connectivity index (χ2n) is 4.15. The molecule has 2 rings (SSSR count). The van der Waals surface area contributed by atoms with Crippen LogP contribution in [0.25, 0.3) is 0 Å². The van der Waals surface area contributed by atoms with E-state index < -0.39 is 5.97 Å². The maximum absolute atomic E-state index is 10.9. The van der Waals surface area contributed by atoms with E-state index in [2.05, 4.69) is 5.16 Å². The van der Waals surface area contributed by atoms with Crippen LogP contribution in [-0.4, -0.2) is 28.2 Å². The number of carbonyl (C=O) groups is 1. The summed E-state index contributed by atoms with van der Waals surface area (Å²) in [6.45, 7) is 2.82.